The van der Waals surface area contributed by atoms with E-state index in [9.17, 15) is 4.79 Å². The summed E-state index contributed by atoms with van der Waals surface area (Å²) in [7, 11) is 0. The number of likely N-dealkylation sites (tertiary alicyclic amines) is 1. The minimum absolute atomic E-state index is 0.155. The zero-order valence-corrected chi connectivity index (χ0v) is 17.5. The molecular weight excluding hydrogens is 399 g/mol. The molecule has 3 rings (SSSR count). The maximum atomic E-state index is 12.2. The molecule has 0 bridgehead atoms. The first-order chi connectivity index (χ1) is 13.1. The van der Waals surface area contributed by atoms with E-state index in [0.717, 1.165) is 53.2 Å². The van der Waals surface area contributed by atoms with Gasteiger partial charge in [-0.25, -0.2) is 0 Å². The number of thioether (sulfide) groups is 1. The highest BCUT2D eigenvalue weighted by Gasteiger charge is 2.23. The fraction of sp³-hybridized carbons (Fsp3) is 0.381. The van der Waals surface area contributed by atoms with Crippen LogP contribution in [0.4, 0.5) is 0 Å². The average Bonchev–Trinajstić information content (AvgIpc) is 2.67. The molecule has 2 aromatic carbocycles. The van der Waals surface area contributed by atoms with Crippen LogP contribution in [0.15, 0.2) is 53.4 Å². The molecule has 1 aliphatic rings. The maximum absolute atomic E-state index is 12.2. The molecule has 1 saturated heterocycles. The molecule has 1 amide bonds. The summed E-state index contributed by atoms with van der Waals surface area (Å²) < 4.78 is 0. The van der Waals surface area contributed by atoms with Crippen LogP contribution in [0, 0.1) is 0 Å². The molecule has 1 aliphatic heterocycles. The summed E-state index contributed by atoms with van der Waals surface area (Å²) in [4.78, 5) is 14.9. The Morgan fingerprint density at radius 1 is 1.00 bits per heavy atom. The second-order valence-corrected chi connectivity index (χ2v) is 8.99. The highest BCUT2D eigenvalue weighted by Crippen LogP contribution is 2.20. The van der Waals surface area contributed by atoms with Gasteiger partial charge in [0.1, 0.15) is 6.54 Å². The third-order valence-corrected chi connectivity index (χ3v) is 6.35. The topological polar surface area (TPSA) is 33.5 Å². The molecule has 2 aromatic rings. The Kier molecular flexibility index (Phi) is 7.89. The van der Waals surface area contributed by atoms with Gasteiger partial charge in [0, 0.05) is 51.6 Å². The summed E-state index contributed by atoms with van der Waals surface area (Å²) in [5.74, 6) is 0.941. The predicted octanol–water partition coefficient (Wildman–Crippen LogP) is 3.84. The van der Waals surface area contributed by atoms with Crippen molar-refractivity contribution < 1.29 is 9.69 Å². The van der Waals surface area contributed by atoms with Crippen molar-refractivity contribution in [1.82, 2.24) is 5.32 Å². The number of amides is 1. The van der Waals surface area contributed by atoms with Crippen LogP contribution in [0.5, 0.6) is 0 Å². The van der Waals surface area contributed by atoms with Crippen molar-refractivity contribution >= 4 is 40.9 Å². The van der Waals surface area contributed by atoms with Gasteiger partial charge in [0.05, 0.1) is 13.1 Å². The van der Waals surface area contributed by atoms with Crippen molar-refractivity contribution in [1.29, 1.82) is 0 Å². The third kappa shape index (κ3) is 7.04. The summed E-state index contributed by atoms with van der Waals surface area (Å²) in [5, 5.41) is 4.72. The van der Waals surface area contributed by atoms with E-state index >= 15 is 0 Å². The van der Waals surface area contributed by atoms with E-state index < -0.39 is 0 Å². The van der Waals surface area contributed by atoms with Gasteiger partial charge in [-0.15, -0.1) is 11.8 Å². The number of carbonyl (C=O) groups excluding carboxylic acids is 1. The average molecular weight is 424 g/mol. The van der Waals surface area contributed by atoms with Gasteiger partial charge in [0.2, 0.25) is 5.91 Å². The summed E-state index contributed by atoms with van der Waals surface area (Å²) in [6, 6.07) is 16.1. The second kappa shape index (κ2) is 10.4. The summed E-state index contributed by atoms with van der Waals surface area (Å²) in [6.45, 7) is 3.20. The van der Waals surface area contributed by atoms with Crippen LogP contribution in [-0.2, 0) is 11.3 Å². The minimum atomic E-state index is 0.155. The Morgan fingerprint density at radius 3 is 2.22 bits per heavy atom. The highest BCUT2D eigenvalue weighted by atomic mass is 35.5. The molecule has 0 radical (unpaired) electrons. The Bertz CT molecular complexity index is 729. The van der Waals surface area contributed by atoms with Crippen molar-refractivity contribution in [2.75, 3.05) is 18.8 Å². The second-order valence-electron chi connectivity index (χ2n) is 6.95. The predicted molar refractivity (Wildman–Crippen MR) is 114 cm³/mol. The van der Waals surface area contributed by atoms with Crippen LogP contribution in [0.2, 0.25) is 10.0 Å². The van der Waals surface area contributed by atoms with E-state index in [1.165, 1.54) is 5.56 Å². The van der Waals surface area contributed by atoms with E-state index in [-0.39, 0.29) is 5.91 Å². The first kappa shape index (κ1) is 20.5. The molecule has 0 unspecified atom stereocenters. The number of benzene rings is 2. The molecule has 0 spiro atoms. The molecule has 1 fully saturated rings. The summed E-state index contributed by atoms with van der Waals surface area (Å²) >= 11 is 13.5. The molecule has 144 valence electrons. The van der Waals surface area contributed by atoms with Gasteiger partial charge in [-0.1, -0.05) is 35.3 Å². The van der Waals surface area contributed by atoms with Crippen LogP contribution in [0.1, 0.15) is 24.8 Å². The quantitative estimate of drug-likeness (QED) is 0.663. The lowest BCUT2D eigenvalue weighted by molar-refractivity contribution is -0.918. The molecule has 6 heteroatoms. The molecule has 0 aliphatic carbocycles. The number of halogens is 2. The SMILES string of the molecule is O=C(CCSc1ccc(Cl)cc1)NC1CC[NH+](Cc2ccc(Cl)cc2)CC1. The van der Waals surface area contributed by atoms with Crippen LogP contribution < -0.4 is 10.2 Å². The largest absolute Gasteiger partial charge is 0.353 e. The van der Waals surface area contributed by atoms with Gasteiger partial charge in [0.25, 0.3) is 0 Å². The van der Waals surface area contributed by atoms with E-state index in [1.54, 1.807) is 16.7 Å². The fourth-order valence-electron chi connectivity index (χ4n) is 3.33. The van der Waals surface area contributed by atoms with E-state index in [2.05, 4.69) is 17.4 Å². The van der Waals surface area contributed by atoms with Gasteiger partial charge in [-0.05, 0) is 36.4 Å². The summed E-state index contributed by atoms with van der Waals surface area (Å²) in [6.07, 6.45) is 2.63. The van der Waals surface area contributed by atoms with E-state index in [1.807, 2.05) is 36.4 Å². The van der Waals surface area contributed by atoms with Crippen molar-refractivity contribution in [2.24, 2.45) is 0 Å². The van der Waals surface area contributed by atoms with Crippen LogP contribution in [0.25, 0.3) is 0 Å². The fourth-order valence-corrected chi connectivity index (χ4v) is 4.43. The Hall–Kier alpha value is -1.20. The number of quaternary nitrogens is 1. The number of rotatable bonds is 7. The van der Waals surface area contributed by atoms with Crippen molar-refractivity contribution in [3.05, 3.63) is 64.1 Å². The normalized spacial score (nSPS) is 19.6. The standard InChI is InChI=1S/C21H24Cl2N2OS/c22-17-3-1-16(2-4-17)15-25-12-9-19(10-13-25)24-21(26)11-14-27-20-7-5-18(23)6-8-20/h1-8,19H,9-15H2,(H,24,26)/p+1. The Labute approximate surface area is 175 Å². The van der Waals surface area contributed by atoms with Crippen LogP contribution in [0.3, 0.4) is 0 Å². The van der Waals surface area contributed by atoms with Crippen LogP contribution >= 0.6 is 35.0 Å². The van der Waals surface area contributed by atoms with Crippen molar-refractivity contribution in [2.45, 2.75) is 36.7 Å². The molecule has 2 N–H and O–H groups in total. The smallest absolute Gasteiger partial charge is 0.221 e. The van der Waals surface area contributed by atoms with Gasteiger partial charge in [-0.2, -0.15) is 0 Å². The molecule has 0 atom stereocenters. The van der Waals surface area contributed by atoms with Gasteiger partial charge in [-0.3, -0.25) is 4.79 Å². The van der Waals surface area contributed by atoms with Crippen LogP contribution in [-0.4, -0.2) is 30.8 Å². The lowest BCUT2D eigenvalue weighted by Crippen LogP contribution is -3.12. The van der Waals surface area contributed by atoms with Crippen molar-refractivity contribution in [3.63, 3.8) is 0 Å². The molecule has 3 nitrogen and oxygen atoms in total. The third-order valence-electron chi connectivity index (χ3n) is 4.84. The Balaban J connectivity index is 1.33. The first-order valence-corrected chi connectivity index (χ1v) is 11.1. The number of nitrogens with one attached hydrogen (secondary N) is 2. The van der Waals surface area contributed by atoms with Gasteiger partial charge < -0.3 is 10.2 Å². The number of carbonyl (C=O) groups is 1. The first-order valence-electron chi connectivity index (χ1n) is 9.34. The zero-order valence-electron chi connectivity index (χ0n) is 15.2. The van der Waals surface area contributed by atoms with E-state index in [0.29, 0.717) is 12.5 Å². The number of hydrogen-bond acceptors (Lipinski definition) is 2. The lowest BCUT2D eigenvalue weighted by atomic mass is 10.0. The molecule has 0 saturated carbocycles. The monoisotopic (exact) mass is 423 g/mol. The Morgan fingerprint density at radius 2 is 1.59 bits per heavy atom. The molecule has 1 heterocycles. The maximum Gasteiger partial charge on any atom is 0.221 e. The number of hydrogen-bond donors (Lipinski definition) is 2. The lowest BCUT2D eigenvalue weighted by Gasteiger charge is -2.29. The highest BCUT2D eigenvalue weighted by molar-refractivity contribution is 7.99. The molecular formula is C21H25Cl2N2OS+. The van der Waals surface area contributed by atoms with Gasteiger partial charge in [0.15, 0.2) is 0 Å². The van der Waals surface area contributed by atoms with E-state index in [4.69, 9.17) is 23.2 Å². The summed E-state index contributed by atoms with van der Waals surface area (Å²) in [5.41, 5.74) is 1.32. The minimum Gasteiger partial charge on any atom is -0.353 e. The zero-order chi connectivity index (χ0) is 19.1. The molecule has 0 aromatic heterocycles. The van der Waals surface area contributed by atoms with Crippen molar-refractivity contribution in [3.8, 4) is 0 Å². The molecule has 27 heavy (non-hydrogen) atoms. The number of piperidine rings is 1. The van der Waals surface area contributed by atoms with Gasteiger partial charge >= 0.3 is 0 Å².